The van der Waals surface area contributed by atoms with Crippen molar-refractivity contribution in [3.8, 4) is 10.6 Å². The fraction of sp³-hybridized carbons (Fsp3) is 0.154. The minimum absolute atomic E-state index is 0.391. The number of ether oxygens (including phenoxy) is 1. The van der Waals surface area contributed by atoms with Crippen LogP contribution in [-0.2, 0) is 14.3 Å². The van der Waals surface area contributed by atoms with Gasteiger partial charge >= 0.3 is 5.97 Å². The van der Waals surface area contributed by atoms with E-state index in [-0.39, 0.29) is 0 Å². The first-order valence-corrected chi connectivity index (χ1v) is 11.5. The molecule has 0 saturated carbocycles. The Hall–Kier alpha value is -4.04. The minimum atomic E-state index is -0.891. The molecular weight excluding hydrogens is 450 g/mol. The van der Waals surface area contributed by atoms with Crippen LogP contribution in [0, 0.1) is 6.92 Å². The number of aromatic nitrogens is 1. The maximum atomic E-state index is 12.2. The van der Waals surface area contributed by atoms with Crippen molar-refractivity contribution in [3.63, 3.8) is 0 Å². The molecule has 1 unspecified atom stereocenters. The fourth-order valence-corrected chi connectivity index (χ4v) is 4.31. The van der Waals surface area contributed by atoms with Crippen molar-refractivity contribution in [3.05, 3.63) is 83.9 Å². The van der Waals surface area contributed by atoms with Crippen molar-refractivity contribution in [1.82, 2.24) is 10.3 Å². The van der Waals surface area contributed by atoms with Gasteiger partial charge < -0.3 is 15.4 Å². The van der Waals surface area contributed by atoms with Crippen molar-refractivity contribution in [2.75, 3.05) is 11.9 Å². The summed E-state index contributed by atoms with van der Waals surface area (Å²) < 4.78 is 6.17. The number of nitrogens with zero attached hydrogens (tertiary/aromatic N) is 1. The average molecular weight is 474 g/mol. The van der Waals surface area contributed by atoms with Gasteiger partial charge in [-0.1, -0.05) is 24.3 Å². The molecule has 0 aliphatic carbocycles. The zero-order chi connectivity index (χ0) is 24.1. The van der Waals surface area contributed by atoms with Crippen LogP contribution in [0.5, 0.6) is 0 Å². The fourth-order valence-electron chi connectivity index (χ4n) is 3.24. The van der Waals surface area contributed by atoms with Crippen molar-refractivity contribution in [2.45, 2.75) is 19.9 Å². The van der Waals surface area contributed by atoms with Gasteiger partial charge in [0.2, 0.25) is 0 Å². The standard InChI is InChI=1S/C26H23N3O4S/c1-16-8-13-21-22(14-16)34-25(29-21)19-9-11-20(12-10-19)28-23(30)15-33-26(32)17(2)27-24(31)18-6-4-3-5-7-18/h3-14,17H,15H2,1-2H3,(H,27,31)(H,28,30). The van der Waals surface area contributed by atoms with Crippen molar-refractivity contribution in [1.29, 1.82) is 0 Å². The topological polar surface area (TPSA) is 97.4 Å². The lowest BCUT2D eigenvalue weighted by Gasteiger charge is -2.13. The summed E-state index contributed by atoms with van der Waals surface area (Å²) in [5.74, 6) is -1.56. The SMILES string of the molecule is Cc1ccc2nc(-c3ccc(NC(=O)COC(=O)C(C)NC(=O)c4ccccc4)cc3)sc2c1. The number of hydrogen-bond acceptors (Lipinski definition) is 6. The van der Waals surface area contributed by atoms with Crippen molar-refractivity contribution >= 4 is 45.0 Å². The molecule has 0 aliphatic rings. The Morgan fingerprint density at radius 2 is 1.74 bits per heavy atom. The summed E-state index contributed by atoms with van der Waals surface area (Å²) in [6, 6.07) is 21.1. The van der Waals surface area contributed by atoms with Crippen LogP contribution in [0.3, 0.4) is 0 Å². The van der Waals surface area contributed by atoms with Crippen LogP contribution in [0.15, 0.2) is 72.8 Å². The third-order valence-electron chi connectivity index (χ3n) is 5.04. The minimum Gasteiger partial charge on any atom is -0.454 e. The second-order valence-electron chi connectivity index (χ2n) is 7.78. The number of hydrogen-bond donors (Lipinski definition) is 2. The van der Waals surface area contributed by atoms with Gasteiger partial charge in [-0.25, -0.2) is 9.78 Å². The molecule has 0 aliphatic heterocycles. The van der Waals surface area contributed by atoms with Crippen molar-refractivity contribution in [2.24, 2.45) is 0 Å². The smallest absolute Gasteiger partial charge is 0.328 e. The molecule has 4 rings (SSSR count). The molecule has 2 amide bonds. The molecule has 2 N–H and O–H groups in total. The predicted molar refractivity (Wildman–Crippen MR) is 133 cm³/mol. The van der Waals surface area contributed by atoms with Crippen molar-refractivity contribution < 1.29 is 19.1 Å². The second kappa shape index (κ2) is 10.3. The van der Waals surface area contributed by atoms with E-state index in [1.165, 1.54) is 12.5 Å². The number of anilines is 1. The molecule has 3 aromatic carbocycles. The summed E-state index contributed by atoms with van der Waals surface area (Å²) >= 11 is 1.62. The molecular formula is C26H23N3O4S. The molecule has 0 fully saturated rings. The molecule has 1 atom stereocenters. The van der Waals surface area contributed by atoms with Crippen LogP contribution in [0.1, 0.15) is 22.8 Å². The van der Waals surface area contributed by atoms with Crippen LogP contribution in [0.4, 0.5) is 5.69 Å². The molecule has 0 bridgehead atoms. The van der Waals surface area contributed by atoms with Crippen LogP contribution in [0.25, 0.3) is 20.8 Å². The van der Waals surface area contributed by atoms with E-state index in [1.807, 2.05) is 24.3 Å². The maximum Gasteiger partial charge on any atom is 0.328 e. The number of rotatable bonds is 7. The quantitative estimate of drug-likeness (QED) is 0.383. The Balaban J connectivity index is 1.28. The van der Waals surface area contributed by atoms with Crippen LogP contribution in [0.2, 0.25) is 0 Å². The highest BCUT2D eigenvalue weighted by atomic mass is 32.1. The third kappa shape index (κ3) is 5.65. The van der Waals surface area contributed by atoms with Gasteiger partial charge in [-0.05, 0) is 67.9 Å². The zero-order valence-corrected chi connectivity index (χ0v) is 19.5. The molecule has 0 spiro atoms. The molecule has 1 aromatic heterocycles. The zero-order valence-electron chi connectivity index (χ0n) is 18.7. The number of benzene rings is 3. The van der Waals surface area contributed by atoms with Gasteiger partial charge in [0.05, 0.1) is 10.2 Å². The third-order valence-corrected chi connectivity index (χ3v) is 6.11. The van der Waals surface area contributed by atoms with Crippen LogP contribution in [-0.4, -0.2) is 35.4 Å². The second-order valence-corrected chi connectivity index (χ2v) is 8.82. The number of aryl methyl sites for hydroxylation is 1. The molecule has 7 nitrogen and oxygen atoms in total. The number of amides is 2. The predicted octanol–water partition coefficient (Wildman–Crippen LogP) is 4.57. The summed E-state index contributed by atoms with van der Waals surface area (Å²) in [6.07, 6.45) is 0. The molecule has 34 heavy (non-hydrogen) atoms. The lowest BCUT2D eigenvalue weighted by atomic mass is 10.2. The van der Waals surface area contributed by atoms with E-state index in [0.717, 1.165) is 20.8 Å². The van der Waals surface area contributed by atoms with Gasteiger partial charge in [0, 0.05) is 16.8 Å². The number of carbonyl (C=O) groups excluding carboxylic acids is 3. The average Bonchev–Trinajstić information content (AvgIpc) is 3.26. The summed E-state index contributed by atoms with van der Waals surface area (Å²) in [6.45, 7) is 3.10. The molecule has 1 heterocycles. The van der Waals surface area contributed by atoms with E-state index in [0.29, 0.717) is 11.3 Å². The Morgan fingerprint density at radius 3 is 2.47 bits per heavy atom. The maximum absolute atomic E-state index is 12.2. The van der Waals surface area contributed by atoms with Gasteiger partial charge in [-0.2, -0.15) is 0 Å². The van der Waals surface area contributed by atoms with E-state index in [9.17, 15) is 14.4 Å². The summed E-state index contributed by atoms with van der Waals surface area (Å²) in [5, 5.41) is 6.15. The Bertz CT molecular complexity index is 1330. The summed E-state index contributed by atoms with van der Waals surface area (Å²) in [5.41, 5.74) is 4.11. The van der Waals surface area contributed by atoms with Gasteiger partial charge in [-0.3, -0.25) is 9.59 Å². The van der Waals surface area contributed by atoms with E-state index in [2.05, 4.69) is 28.6 Å². The normalized spacial score (nSPS) is 11.6. The number of fused-ring (bicyclic) bond motifs is 1. The lowest BCUT2D eigenvalue weighted by Crippen LogP contribution is -2.40. The molecule has 4 aromatic rings. The highest BCUT2D eigenvalue weighted by Gasteiger charge is 2.19. The number of carbonyl (C=O) groups is 3. The lowest BCUT2D eigenvalue weighted by molar-refractivity contribution is -0.148. The largest absolute Gasteiger partial charge is 0.454 e. The Kier molecular flexibility index (Phi) is 6.98. The Morgan fingerprint density at radius 1 is 1.00 bits per heavy atom. The number of thiazole rings is 1. The monoisotopic (exact) mass is 473 g/mol. The molecule has 172 valence electrons. The van der Waals surface area contributed by atoms with Crippen LogP contribution >= 0.6 is 11.3 Å². The highest BCUT2D eigenvalue weighted by Crippen LogP contribution is 2.31. The van der Waals surface area contributed by atoms with E-state index in [4.69, 9.17) is 4.74 Å². The summed E-state index contributed by atoms with van der Waals surface area (Å²) in [7, 11) is 0. The first-order chi connectivity index (χ1) is 16.4. The van der Waals surface area contributed by atoms with Gasteiger partial charge in [0.1, 0.15) is 11.0 Å². The van der Waals surface area contributed by atoms with E-state index < -0.39 is 30.4 Å². The number of esters is 1. The molecule has 8 heteroatoms. The van der Waals surface area contributed by atoms with E-state index in [1.54, 1.807) is 53.8 Å². The van der Waals surface area contributed by atoms with Gasteiger partial charge in [0.15, 0.2) is 6.61 Å². The molecule has 0 saturated heterocycles. The van der Waals surface area contributed by atoms with E-state index >= 15 is 0 Å². The summed E-state index contributed by atoms with van der Waals surface area (Å²) in [4.78, 5) is 41.1. The van der Waals surface area contributed by atoms with Crippen LogP contribution < -0.4 is 10.6 Å². The highest BCUT2D eigenvalue weighted by molar-refractivity contribution is 7.21. The first-order valence-electron chi connectivity index (χ1n) is 10.7. The number of nitrogens with one attached hydrogen (secondary N) is 2. The van der Waals surface area contributed by atoms with Gasteiger partial charge in [-0.15, -0.1) is 11.3 Å². The van der Waals surface area contributed by atoms with Gasteiger partial charge in [0.25, 0.3) is 11.8 Å². The Labute approximate surface area is 200 Å². The molecule has 0 radical (unpaired) electrons. The first kappa shape index (κ1) is 23.1.